The van der Waals surface area contributed by atoms with Crippen molar-refractivity contribution in [3.63, 3.8) is 0 Å². The number of carboxylic acids is 1. The molecule has 0 saturated heterocycles. The zero-order valence-corrected chi connectivity index (χ0v) is 12.8. The Hall–Kier alpha value is -2.70. The molecule has 0 atom stereocenters. The summed E-state index contributed by atoms with van der Waals surface area (Å²) >= 11 is 0. The Bertz CT molecular complexity index is 724. The Morgan fingerprint density at radius 3 is 2.70 bits per heavy atom. The van der Waals surface area contributed by atoms with Gasteiger partial charge >= 0.3 is 5.97 Å². The van der Waals surface area contributed by atoms with E-state index in [4.69, 9.17) is 9.52 Å². The number of carboxylic acid groups (broad SMARTS) is 1. The fourth-order valence-corrected chi connectivity index (χ4v) is 1.90. The molecule has 23 heavy (non-hydrogen) atoms. The van der Waals surface area contributed by atoms with Crippen LogP contribution in [0, 0.1) is 5.82 Å². The highest BCUT2D eigenvalue weighted by Gasteiger charge is 2.28. The minimum absolute atomic E-state index is 0.0218. The summed E-state index contributed by atoms with van der Waals surface area (Å²) in [5, 5.41) is 11.4. The summed E-state index contributed by atoms with van der Waals surface area (Å²) in [7, 11) is 0. The zero-order valence-electron chi connectivity index (χ0n) is 12.8. The number of amides is 1. The average molecular weight is 320 g/mol. The van der Waals surface area contributed by atoms with Gasteiger partial charge in [0.15, 0.2) is 11.7 Å². The molecule has 0 spiro atoms. The van der Waals surface area contributed by atoms with E-state index in [1.54, 1.807) is 18.2 Å². The fourth-order valence-electron chi connectivity index (χ4n) is 1.90. The minimum atomic E-state index is -1.34. The summed E-state index contributed by atoms with van der Waals surface area (Å²) in [5.74, 6) is -1.40. The molecule has 1 heterocycles. The van der Waals surface area contributed by atoms with Gasteiger partial charge in [0.25, 0.3) is 0 Å². The smallest absolute Gasteiger partial charge is 0.328 e. The van der Waals surface area contributed by atoms with Gasteiger partial charge in [0.1, 0.15) is 11.4 Å². The molecule has 0 bridgehead atoms. The summed E-state index contributed by atoms with van der Waals surface area (Å²) in [4.78, 5) is 26.7. The molecule has 0 aliphatic carbocycles. The van der Waals surface area contributed by atoms with Crippen LogP contribution in [0.2, 0.25) is 0 Å². The number of benzene rings is 1. The molecule has 0 saturated carbocycles. The number of carbonyl (C=O) groups is 2. The van der Waals surface area contributed by atoms with Crippen molar-refractivity contribution >= 4 is 11.9 Å². The molecule has 122 valence electrons. The van der Waals surface area contributed by atoms with Crippen LogP contribution in [-0.4, -0.2) is 27.5 Å². The maximum absolute atomic E-state index is 13.7. The Morgan fingerprint density at radius 1 is 1.35 bits per heavy atom. The van der Waals surface area contributed by atoms with E-state index in [-0.39, 0.29) is 24.5 Å². The van der Waals surface area contributed by atoms with E-state index in [2.05, 4.69) is 10.3 Å². The van der Waals surface area contributed by atoms with Crippen LogP contribution in [0.4, 0.5) is 4.39 Å². The number of rotatable bonds is 6. The molecule has 2 rings (SSSR count). The molecule has 1 aromatic heterocycles. The van der Waals surface area contributed by atoms with Crippen molar-refractivity contribution in [1.82, 2.24) is 10.3 Å². The molecule has 0 aliphatic rings. The number of hydrogen-bond donors (Lipinski definition) is 2. The van der Waals surface area contributed by atoms with E-state index >= 15 is 0 Å². The standard InChI is InChI=1S/C16H17FN2O4/c1-16(2,15(21)22)19-13(20)7-8-14-18-9-12(23-14)10-5-3-4-6-11(10)17/h3-6,9H,7-8H2,1-2H3,(H,19,20)(H,21,22). The van der Waals surface area contributed by atoms with E-state index in [1.165, 1.54) is 26.1 Å². The van der Waals surface area contributed by atoms with E-state index in [1.807, 2.05) is 0 Å². The van der Waals surface area contributed by atoms with E-state index in [0.29, 0.717) is 5.56 Å². The molecule has 0 unspecified atom stereocenters. The molecule has 2 aromatic rings. The predicted molar refractivity (Wildman–Crippen MR) is 80.1 cm³/mol. The number of aromatic nitrogens is 1. The molecule has 1 amide bonds. The SMILES string of the molecule is CC(C)(NC(=O)CCc1ncc(-c2ccccc2F)o1)C(=O)O. The number of nitrogens with one attached hydrogen (secondary N) is 1. The number of carbonyl (C=O) groups excluding carboxylic acids is 1. The van der Waals surface area contributed by atoms with Gasteiger partial charge in [0.2, 0.25) is 5.91 Å². The van der Waals surface area contributed by atoms with E-state index in [0.717, 1.165) is 0 Å². The number of nitrogens with zero attached hydrogens (tertiary/aromatic N) is 1. The van der Waals surface area contributed by atoms with Crippen LogP contribution in [0.15, 0.2) is 34.9 Å². The zero-order chi connectivity index (χ0) is 17.0. The molecule has 0 aliphatic heterocycles. The second-order valence-corrected chi connectivity index (χ2v) is 5.58. The molecule has 0 fully saturated rings. The lowest BCUT2D eigenvalue weighted by Crippen LogP contribution is -2.49. The van der Waals surface area contributed by atoms with Gasteiger partial charge in [-0.2, -0.15) is 0 Å². The lowest BCUT2D eigenvalue weighted by atomic mass is 10.1. The lowest BCUT2D eigenvalue weighted by Gasteiger charge is -2.20. The van der Waals surface area contributed by atoms with Crippen molar-refractivity contribution in [3.05, 3.63) is 42.2 Å². The second-order valence-electron chi connectivity index (χ2n) is 5.58. The molecule has 7 heteroatoms. The maximum Gasteiger partial charge on any atom is 0.328 e. The van der Waals surface area contributed by atoms with Crippen LogP contribution in [-0.2, 0) is 16.0 Å². The number of oxazole rings is 1. The first-order valence-corrected chi connectivity index (χ1v) is 7.03. The first-order valence-electron chi connectivity index (χ1n) is 7.03. The first kappa shape index (κ1) is 16.7. The highest BCUT2D eigenvalue weighted by atomic mass is 19.1. The average Bonchev–Trinajstić information content (AvgIpc) is 2.93. The third kappa shape index (κ3) is 4.15. The van der Waals surface area contributed by atoms with Gasteiger partial charge in [0, 0.05) is 12.8 Å². The van der Waals surface area contributed by atoms with Crippen LogP contribution in [0.3, 0.4) is 0 Å². The molecule has 0 radical (unpaired) electrons. The van der Waals surface area contributed by atoms with Gasteiger partial charge in [-0.05, 0) is 26.0 Å². The van der Waals surface area contributed by atoms with Crippen molar-refractivity contribution < 1.29 is 23.5 Å². The normalized spacial score (nSPS) is 11.3. The van der Waals surface area contributed by atoms with E-state index in [9.17, 15) is 14.0 Å². The number of aryl methyl sites for hydroxylation is 1. The number of halogens is 1. The maximum atomic E-state index is 13.7. The Morgan fingerprint density at radius 2 is 2.04 bits per heavy atom. The van der Waals surface area contributed by atoms with Gasteiger partial charge in [-0.25, -0.2) is 14.2 Å². The van der Waals surface area contributed by atoms with Gasteiger partial charge in [0.05, 0.1) is 11.8 Å². The Labute approximate surface area is 132 Å². The Balaban J connectivity index is 1.97. The van der Waals surface area contributed by atoms with Gasteiger partial charge in [-0.15, -0.1) is 0 Å². The van der Waals surface area contributed by atoms with Crippen molar-refractivity contribution in [3.8, 4) is 11.3 Å². The fraction of sp³-hybridized carbons (Fsp3) is 0.312. The molecule has 6 nitrogen and oxygen atoms in total. The van der Waals surface area contributed by atoms with Crippen molar-refractivity contribution in [1.29, 1.82) is 0 Å². The molecule has 1 aromatic carbocycles. The van der Waals surface area contributed by atoms with Gasteiger partial charge in [-0.3, -0.25) is 4.79 Å². The van der Waals surface area contributed by atoms with Crippen molar-refractivity contribution in [2.24, 2.45) is 0 Å². The van der Waals surface area contributed by atoms with Crippen molar-refractivity contribution in [2.45, 2.75) is 32.2 Å². The number of hydrogen-bond acceptors (Lipinski definition) is 4. The van der Waals surface area contributed by atoms with Gasteiger partial charge < -0.3 is 14.8 Å². The van der Waals surface area contributed by atoms with E-state index < -0.39 is 23.2 Å². The third-order valence-corrected chi connectivity index (χ3v) is 3.25. The molecule has 2 N–H and O–H groups in total. The predicted octanol–water partition coefficient (Wildman–Crippen LogP) is 2.39. The monoisotopic (exact) mass is 320 g/mol. The van der Waals surface area contributed by atoms with Crippen LogP contribution >= 0.6 is 0 Å². The van der Waals surface area contributed by atoms with Crippen LogP contribution in [0.1, 0.15) is 26.2 Å². The quantitative estimate of drug-likeness (QED) is 0.852. The summed E-state index contributed by atoms with van der Waals surface area (Å²) in [6, 6.07) is 6.15. The van der Waals surface area contributed by atoms with Crippen LogP contribution in [0.25, 0.3) is 11.3 Å². The largest absolute Gasteiger partial charge is 0.480 e. The second kappa shape index (κ2) is 6.60. The minimum Gasteiger partial charge on any atom is -0.480 e. The third-order valence-electron chi connectivity index (χ3n) is 3.25. The van der Waals surface area contributed by atoms with Crippen LogP contribution in [0.5, 0.6) is 0 Å². The summed E-state index contributed by atoms with van der Waals surface area (Å²) in [6.07, 6.45) is 1.61. The Kier molecular flexibility index (Phi) is 4.78. The summed E-state index contributed by atoms with van der Waals surface area (Å²) in [6.45, 7) is 2.79. The number of aliphatic carboxylic acids is 1. The molecular weight excluding hydrogens is 303 g/mol. The topological polar surface area (TPSA) is 92.4 Å². The van der Waals surface area contributed by atoms with Crippen molar-refractivity contribution in [2.75, 3.05) is 0 Å². The summed E-state index contributed by atoms with van der Waals surface area (Å²) < 4.78 is 19.1. The first-order chi connectivity index (χ1) is 10.8. The highest BCUT2D eigenvalue weighted by Crippen LogP contribution is 2.23. The lowest BCUT2D eigenvalue weighted by molar-refractivity contribution is -0.146. The highest BCUT2D eigenvalue weighted by molar-refractivity contribution is 5.86. The molecular formula is C16H17FN2O4. The van der Waals surface area contributed by atoms with Gasteiger partial charge in [-0.1, -0.05) is 12.1 Å². The van der Waals surface area contributed by atoms with Crippen LogP contribution < -0.4 is 5.32 Å². The summed E-state index contributed by atoms with van der Waals surface area (Å²) in [5.41, 5.74) is -1.05.